The van der Waals surface area contributed by atoms with E-state index in [0.29, 0.717) is 14.3 Å². The van der Waals surface area contributed by atoms with Crippen molar-refractivity contribution in [2.75, 3.05) is 6.61 Å². The van der Waals surface area contributed by atoms with Gasteiger partial charge < -0.3 is 14.0 Å². The van der Waals surface area contributed by atoms with Crippen LogP contribution < -0.4 is 4.74 Å². The van der Waals surface area contributed by atoms with E-state index in [1.54, 1.807) is 0 Å². The molecule has 1 heterocycles. The molecule has 0 aromatic heterocycles. The van der Waals surface area contributed by atoms with E-state index in [4.69, 9.17) is 14.0 Å². The van der Waals surface area contributed by atoms with Gasteiger partial charge in [-0.3, -0.25) is 0 Å². The number of hydrogen-bond donors (Lipinski definition) is 0. The van der Waals surface area contributed by atoms with E-state index < -0.39 is 0 Å². The molecule has 1 unspecified atom stereocenters. The lowest BCUT2D eigenvalue weighted by molar-refractivity contribution is 0.243. The lowest BCUT2D eigenvalue weighted by Gasteiger charge is -2.10. The normalized spacial score (nSPS) is 18.3. The van der Waals surface area contributed by atoms with Crippen LogP contribution in [0.3, 0.4) is 0 Å². The monoisotopic (exact) mass is 240 g/mol. The number of para-hydroxylation sites is 1. The summed E-state index contributed by atoms with van der Waals surface area (Å²) in [4.78, 5) is 0. The van der Waals surface area contributed by atoms with Gasteiger partial charge in [-0.25, -0.2) is 0 Å². The van der Waals surface area contributed by atoms with Crippen LogP contribution in [0, 0.1) is 0 Å². The molecule has 2 aromatic rings. The Morgan fingerprint density at radius 1 is 0.944 bits per heavy atom. The number of hydrogen-bond acceptors (Lipinski definition) is 3. The third kappa shape index (κ3) is 2.55. The first-order chi connectivity index (χ1) is 8.92. The van der Waals surface area contributed by atoms with Crippen LogP contribution in [0.15, 0.2) is 54.6 Å². The number of rotatable bonds is 3. The summed E-state index contributed by atoms with van der Waals surface area (Å²) in [5, 5.41) is 0. The van der Waals surface area contributed by atoms with Gasteiger partial charge in [0.25, 0.3) is 0 Å². The van der Waals surface area contributed by atoms with Gasteiger partial charge in [0.05, 0.1) is 12.7 Å². The lowest BCUT2D eigenvalue weighted by Crippen LogP contribution is -1.99. The zero-order valence-electron chi connectivity index (χ0n) is 9.91. The van der Waals surface area contributed by atoms with Crippen LogP contribution in [-0.4, -0.2) is 14.3 Å². The first-order valence-electron chi connectivity index (χ1n) is 5.94. The van der Waals surface area contributed by atoms with Gasteiger partial charge >= 0.3 is 7.69 Å². The molecule has 1 aliphatic rings. The average molecular weight is 240 g/mol. The van der Waals surface area contributed by atoms with E-state index in [9.17, 15) is 0 Å². The maximum absolute atomic E-state index is 5.72. The summed E-state index contributed by atoms with van der Waals surface area (Å²) in [6.07, 6.45) is 0.0516. The molecule has 0 spiro atoms. The molecule has 3 rings (SSSR count). The molecule has 2 aromatic carbocycles. The summed E-state index contributed by atoms with van der Waals surface area (Å²) in [6.45, 7) is 0.624. The summed E-state index contributed by atoms with van der Waals surface area (Å²) < 4.78 is 16.3. The van der Waals surface area contributed by atoms with E-state index in [-0.39, 0.29) is 6.10 Å². The van der Waals surface area contributed by atoms with Gasteiger partial charge in [0, 0.05) is 0 Å². The Hall–Kier alpha value is -1.78. The van der Waals surface area contributed by atoms with Crippen LogP contribution in [0.25, 0.3) is 0 Å². The van der Waals surface area contributed by atoms with Crippen molar-refractivity contribution in [1.82, 2.24) is 0 Å². The second-order valence-electron chi connectivity index (χ2n) is 4.13. The van der Waals surface area contributed by atoms with Gasteiger partial charge in [-0.05, 0) is 29.8 Å². The van der Waals surface area contributed by atoms with E-state index in [1.807, 2.05) is 54.6 Å². The summed E-state index contributed by atoms with van der Waals surface area (Å²) in [7, 11) is 0.382. The highest BCUT2D eigenvalue weighted by atomic mass is 16.6. The molecule has 0 amide bonds. The molecule has 0 aliphatic carbocycles. The zero-order chi connectivity index (χ0) is 12.2. The van der Waals surface area contributed by atoms with Gasteiger partial charge in [0.15, 0.2) is 0 Å². The Balaban J connectivity index is 1.71. The molecule has 4 heteroatoms. The number of benzene rings is 2. The van der Waals surface area contributed by atoms with Crippen molar-refractivity contribution >= 4 is 7.69 Å². The van der Waals surface area contributed by atoms with E-state index in [2.05, 4.69) is 0 Å². The summed E-state index contributed by atoms with van der Waals surface area (Å²) >= 11 is 0. The molecule has 0 bridgehead atoms. The Kier molecular flexibility index (Phi) is 3.30. The van der Waals surface area contributed by atoms with Gasteiger partial charge in [-0.2, -0.15) is 0 Å². The zero-order valence-corrected chi connectivity index (χ0v) is 9.91. The standard InChI is InChI=1S/C14H13BO3/c1-2-4-12(5-3-1)17-13-8-6-11(7-9-13)14-10-16-15-18-14/h1-9,14-15H,10H2. The Morgan fingerprint density at radius 2 is 1.67 bits per heavy atom. The fourth-order valence-corrected chi connectivity index (χ4v) is 1.90. The molecular weight excluding hydrogens is 227 g/mol. The molecule has 0 radical (unpaired) electrons. The lowest BCUT2D eigenvalue weighted by atomic mass is 10.1. The molecule has 90 valence electrons. The van der Waals surface area contributed by atoms with Gasteiger partial charge in [0.2, 0.25) is 0 Å². The van der Waals surface area contributed by atoms with Crippen molar-refractivity contribution < 1.29 is 14.0 Å². The minimum atomic E-state index is 0.0516. The van der Waals surface area contributed by atoms with Gasteiger partial charge in [0.1, 0.15) is 11.5 Å². The maximum atomic E-state index is 5.72. The second kappa shape index (κ2) is 5.25. The summed E-state index contributed by atoms with van der Waals surface area (Å²) in [6, 6.07) is 17.7. The molecule has 1 saturated heterocycles. The summed E-state index contributed by atoms with van der Waals surface area (Å²) in [5.41, 5.74) is 1.12. The average Bonchev–Trinajstić information content (AvgIpc) is 2.95. The molecular formula is C14H13BO3. The fraction of sp³-hybridized carbons (Fsp3) is 0.143. The third-order valence-electron chi connectivity index (χ3n) is 2.85. The predicted octanol–water partition coefficient (Wildman–Crippen LogP) is 2.83. The quantitative estimate of drug-likeness (QED) is 0.772. The van der Waals surface area contributed by atoms with E-state index in [1.165, 1.54) is 0 Å². The molecule has 1 fully saturated rings. The van der Waals surface area contributed by atoms with Crippen molar-refractivity contribution in [2.45, 2.75) is 6.10 Å². The first-order valence-corrected chi connectivity index (χ1v) is 5.94. The van der Waals surface area contributed by atoms with Crippen LogP contribution in [-0.2, 0) is 9.31 Å². The Morgan fingerprint density at radius 3 is 2.33 bits per heavy atom. The second-order valence-corrected chi connectivity index (χ2v) is 4.13. The van der Waals surface area contributed by atoms with E-state index >= 15 is 0 Å². The predicted molar refractivity (Wildman–Crippen MR) is 69.9 cm³/mol. The topological polar surface area (TPSA) is 27.7 Å². The van der Waals surface area contributed by atoms with E-state index in [0.717, 1.165) is 17.1 Å². The minimum absolute atomic E-state index is 0.0516. The molecule has 0 saturated carbocycles. The third-order valence-corrected chi connectivity index (χ3v) is 2.85. The largest absolute Gasteiger partial charge is 0.457 e. The molecule has 1 atom stereocenters. The highest BCUT2D eigenvalue weighted by Crippen LogP contribution is 2.26. The van der Waals surface area contributed by atoms with Crippen molar-refractivity contribution in [3.05, 3.63) is 60.2 Å². The van der Waals surface area contributed by atoms with Crippen LogP contribution in [0.5, 0.6) is 11.5 Å². The molecule has 18 heavy (non-hydrogen) atoms. The van der Waals surface area contributed by atoms with Crippen molar-refractivity contribution in [1.29, 1.82) is 0 Å². The van der Waals surface area contributed by atoms with Crippen LogP contribution in [0.1, 0.15) is 11.7 Å². The van der Waals surface area contributed by atoms with Crippen LogP contribution in [0.4, 0.5) is 0 Å². The number of ether oxygens (including phenoxy) is 1. The Bertz CT molecular complexity index is 492. The molecule has 0 N–H and O–H groups in total. The maximum Gasteiger partial charge on any atom is 0.438 e. The highest BCUT2D eigenvalue weighted by molar-refractivity contribution is 6.18. The van der Waals surface area contributed by atoms with Gasteiger partial charge in [-0.1, -0.05) is 30.3 Å². The fourth-order valence-electron chi connectivity index (χ4n) is 1.90. The van der Waals surface area contributed by atoms with Crippen molar-refractivity contribution in [3.63, 3.8) is 0 Å². The summed E-state index contributed by atoms with van der Waals surface area (Å²) in [5.74, 6) is 1.66. The molecule has 1 aliphatic heterocycles. The SMILES string of the molecule is B1OCC(c2ccc(Oc3ccccc3)cc2)O1. The molecule has 3 nitrogen and oxygen atoms in total. The van der Waals surface area contributed by atoms with Crippen LogP contribution in [0.2, 0.25) is 0 Å². The van der Waals surface area contributed by atoms with Crippen molar-refractivity contribution in [3.8, 4) is 11.5 Å². The van der Waals surface area contributed by atoms with Gasteiger partial charge in [-0.15, -0.1) is 0 Å². The smallest absolute Gasteiger partial charge is 0.438 e. The Labute approximate surface area is 107 Å². The van der Waals surface area contributed by atoms with Crippen molar-refractivity contribution in [2.24, 2.45) is 0 Å². The highest BCUT2D eigenvalue weighted by Gasteiger charge is 2.19. The first kappa shape index (κ1) is 11.3. The van der Waals surface area contributed by atoms with Crippen LogP contribution >= 0.6 is 0 Å². The minimum Gasteiger partial charge on any atom is -0.457 e.